The molecule has 1 unspecified atom stereocenters. The van der Waals surface area contributed by atoms with E-state index in [0.29, 0.717) is 6.54 Å². The van der Waals surface area contributed by atoms with E-state index in [1.807, 2.05) is 0 Å². The number of unbranched alkanes of at least 4 members (excludes halogenated alkanes) is 2. The van der Waals surface area contributed by atoms with Crippen molar-refractivity contribution in [2.75, 3.05) is 36.0 Å². The minimum atomic E-state index is -0.116. The van der Waals surface area contributed by atoms with Gasteiger partial charge in [-0.05, 0) is 85.4 Å². The van der Waals surface area contributed by atoms with Gasteiger partial charge >= 0.3 is 0 Å². The van der Waals surface area contributed by atoms with Gasteiger partial charge in [-0.15, -0.1) is 0 Å². The summed E-state index contributed by atoms with van der Waals surface area (Å²) in [5.41, 5.74) is 8.76. The Morgan fingerprint density at radius 2 is 1.61 bits per heavy atom. The first kappa shape index (κ1) is 32.2. The van der Waals surface area contributed by atoms with Crippen LogP contribution in [0.4, 0.5) is 11.4 Å². The normalized spacial score (nSPS) is 22.4. The zero-order chi connectivity index (χ0) is 31.3. The van der Waals surface area contributed by atoms with Gasteiger partial charge in [0.25, 0.3) is 0 Å². The Morgan fingerprint density at radius 3 is 2.36 bits per heavy atom. The summed E-state index contributed by atoms with van der Waals surface area (Å²) in [6.07, 6.45) is 15.7. The Hall–Kier alpha value is -3.15. The number of nitroso groups, excluding NO2 is 1. The molecule has 2 aliphatic heterocycles. The lowest BCUT2D eigenvalue weighted by molar-refractivity contribution is 0.285. The number of halogens is 1. The molecule has 0 saturated heterocycles. The SMILES string of the molecule is CC1(C)/C(=C\C=C2/CCCC(/C=C/C3N(CCCCN=O)c4ccccc4C3(C)C)=C2Cl)N(CCCCO)c2ccccc21. The summed E-state index contributed by atoms with van der Waals surface area (Å²) >= 11 is 7.17. The summed E-state index contributed by atoms with van der Waals surface area (Å²) in [4.78, 5) is 15.6. The van der Waals surface area contributed by atoms with E-state index in [4.69, 9.17) is 11.6 Å². The third kappa shape index (κ3) is 6.32. The van der Waals surface area contributed by atoms with E-state index in [0.717, 1.165) is 63.1 Å². The topological polar surface area (TPSA) is 56.1 Å². The molecule has 2 aromatic rings. The van der Waals surface area contributed by atoms with Crippen molar-refractivity contribution in [1.29, 1.82) is 0 Å². The minimum absolute atomic E-state index is 0.0522. The molecule has 5 nitrogen and oxygen atoms in total. The molecule has 0 fully saturated rings. The van der Waals surface area contributed by atoms with E-state index in [1.54, 1.807) is 0 Å². The van der Waals surface area contributed by atoms with Gasteiger partial charge in [-0.2, -0.15) is 4.91 Å². The molecule has 6 heteroatoms. The van der Waals surface area contributed by atoms with Gasteiger partial charge in [-0.3, -0.25) is 0 Å². The predicted octanol–water partition coefficient (Wildman–Crippen LogP) is 9.31. The summed E-state index contributed by atoms with van der Waals surface area (Å²) in [7, 11) is 0. The van der Waals surface area contributed by atoms with E-state index in [1.165, 1.54) is 39.3 Å². The summed E-state index contributed by atoms with van der Waals surface area (Å²) in [6, 6.07) is 17.6. The molecule has 3 aliphatic rings. The Morgan fingerprint density at radius 1 is 0.909 bits per heavy atom. The summed E-state index contributed by atoms with van der Waals surface area (Å²) in [5.74, 6) is 0. The lowest BCUT2D eigenvalue weighted by Crippen LogP contribution is -2.40. The number of anilines is 2. The second kappa shape index (κ2) is 13.9. The van der Waals surface area contributed by atoms with Crippen molar-refractivity contribution >= 4 is 23.0 Å². The maximum atomic E-state index is 10.7. The molecule has 2 heterocycles. The highest BCUT2D eigenvalue weighted by Gasteiger charge is 2.43. The van der Waals surface area contributed by atoms with Crippen molar-refractivity contribution in [3.8, 4) is 0 Å². The van der Waals surface area contributed by atoms with E-state index >= 15 is 0 Å². The first-order valence-electron chi connectivity index (χ1n) is 16.3. The van der Waals surface area contributed by atoms with Crippen LogP contribution in [0, 0.1) is 4.91 Å². The van der Waals surface area contributed by atoms with Crippen molar-refractivity contribution in [3.63, 3.8) is 0 Å². The van der Waals surface area contributed by atoms with Crippen LogP contribution >= 0.6 is 11.6 Å². The third-order valence-electron chi connectivity index (χ3n) is 9.85. The maximum Gasteiger partial charge on any atom is 0.0811 e. The molecular formula is C38H48ClN3O2. The van der Waals surface area contributed by atoms with Crippen LogP contribution in [0.5, 0.6) is 0 Å². The van der Waals surface area contributed by atoms with Gasteiger partial charge in [0.15, 0.2) is 0 Å². The first-order chi connectivity index (χ1) is 21.2. The molecule has 0 saturated carbocycles. The molecule has 1 aliphatic carbocycles. The van der Waals surface area contributed by atoms with E-state index < -0.39 is 0 Å². The fourth-order valence-corrected chi connectivity index (χ4v) is 7.70. The van der Waals surface area contributed by atoms with Crippen molar-refractivity contribution in [2.24, 2.45) is 5.18 Å². The van der Waals surface area contributed by atoms with Crippen LogP contribution in [0.25, 0.3) is 0 Å². The van der Waals surface area contributed by atoms with Gasteiger partial charge in [-0.1, -0.05) is 99.1 Å². The number of hydrogen-bond donors (Lipinski definition) is 1. The van der Waals surface area contributed by atoms with E-state index in [-0.39, 0.29) is 23.5 Å². The molecule has 0 spiro atoms. The third-order valence-corrected chi connectivity index (χ3v) is 10.3. The molecule has 2 aromatic carbocycles. The average molecular weight is 614 g/mol. The van der Waals surface area contributed by atoms with Crippen LogP contribution in [0.1, 0.15) is 83.8 Å². The van der Waals surface area contributed by atoms with Gasteiger partial charge in [0.1, 0.15) is 0 Å². The Kier molecular flexibility index (Phi) is 10.2. The molecule has 0 amide bonds. The van der Waals surface area contributed by atoms with Crippen LogP contribution in [-0.2, 0) is 10.8 Å². The highest BCUT2D eigenvalue weighted by Crippen LogP contribution is 2.48. The van der Waals surface area contributed by atoms with Crippen LogP contribution in [0.15, 0.2) is 99.9 Å². The zero-order valence-corrected chi connectivity index (χ0v) is 27.6. The number of aliphatic hydroxyl groups is 1. The largest absolute Gasteiger partial charge is 0.396 e. The molecule has 0 aromatic heterocycles. The number of rotatable bonds is 12. The fourth-order valence-electron chi connectivity index (χ4n) is 7.39. The van der Waals surface area contributed by atoms with Crippen molar-refractivity contribution in [2.45, 2.75) is 89.5 Å². The lowest BCUT2D eigenvalue weighted by Gasteiger charge is -2.32. The van der Waals surface area contributed by atoms with Gasteiger partial charge in [-0.25, -0.2) is 0 Å². The number of aliphatic hydroxyl groups excluding tert-OH is 1. The van der Waals surface area contributed by atoms with Crippen molar-refractivity contribution in [3.05, 3.63) is 111 Å². The number of para-hydroxylation sites is 2. The van der Waals surface area contributed by atoms with Gasteiger partial charge in [0.05, 0.1) is 12.6 Å². The van der Waals surface area contributed by atoms with Crippen LogP contribution < -0.4 is 9.80 Å². The standard InChI is InChI=1S/C38H48ClN3O2/c1-37(2)30-16-5-7-18-32(30)41(25-10-9-24-40-44)34(37)22-20-28-14-13-15-29(36(28)39)21-23-35-38(3,4)31-17-6-8-19-33(31)42(35)26-11-12-27-43/h5-8,16-23,34,43H,9-15,24-27H2,1-4H3/b22-20+,29-21+,35-23+. The Bertz CT molecular complexity index is 1470. The molecule has 0 radical (unpaired) electrons. The molecule has 0 bridgehead atoms. The zero-order valence-electron chi connectivity index (χ0n) is 26.9. The minimum Gasteiger partial charge on any atom is -0.396 e. The van der Waals surface area contributed by atoms with Gasteiger partial charge < -0.3 is 14.9 Å². The van der Waals surface area contributed by atoms with E-state index in [9.17, 15) is 10.0 Å². The summed E-state index contributed by atoms with van der Waals surface area (Å²) < 4.78 is 0. The molecule has 1 N–H and O–H groups in total. The smallest absolute Gasteiger partial charge is 0.0811 e. The molecular weight excluding hydrogens is 566 g/mol. The number of allylic oxidation sites excluding steroid dienone is 7. The number of fused-ring (bicyclic) bond motifs is 2. The predicted molar refractivity (Wildman–Crippen MR) is 186 cm³/mol. The average Bonchev–Trinajstić information content (AvgIpc) is 3.37. The first-order valence-corrected chi connectivity index (χ1v) is 16.7. The second-order valence-electron chi connectivity index (χ2n) is 13.5. The molecule has 5 rings (SSSR count). The van der Waals surface area contributed by atoms with Crippen LogP contribution in [-0.4, -0.2) is 37.4 Å². The van der Waals surface area contributed by atoms with Crippen molar-refractivity contribution < 1.29 is 5.11 Å². The van der Waals surface area contributed by atoms with Gasteiger partial charge in [0.2, 0.25) is 0 Å². The van der Waals surface area contributed by atoms with Gasteiger partial charge in [0, 0.05) is 52.6 Å². The summed E-state index contributed by atoms with van der Waals surface area (Å²) in [5, 5.41) is 13.3. The lowest BCUT2D eigenvalue weighted by atomic mass is 9.80. The van der Waals surface area contributed by atoms with Crippen molar-refractivity contribution in [1.82, 2.24) is 0 Å². The highest BCUT2D eigenvalue weighted by atomic mass is 35.5. The number of nitrogens with zero attached hydrogens (tertiary/aromatic N) is 3. The second-order valence-corrected chi connectivity index (χ2v) is 13.8. The molecule has 234 valence electrons. The van der Waals surface area contributed by atoms with Crippen LogP contribution in [0.3, 0.4) is 0 Å². The Balaban J connectivity index is 1.42. The quantitative estimate of drug-likeness (QED) is 0.191. The molecule has 1 atom stereocenters. The molecule has 44 heavy (non-hydrogen) atoms. The number of benzene rings is 2. The van der Waals surface area contributed by atoms with E-state index in [2.05, 4.69) is 116 Å². The monoisotopic (exact) mass is 613 g/mol. The summed E-state index contributed by atoms with van der Waals surface area (Å²) in [6.45, 7) is 11.6. The number of hydrogen-bond acceptors (Lipinski definition) is 5. The highest BCUT2D eigenvalue weighted by molar-refractivity contribution is 6.32. The Labute approximate surface area is 269 Å². The van der Waals surface area contributed by atoms with Crippen LogP contribution in [0.2, 0.25) is 0 Å². The maximum absolute atomic E-state index is 10.7. The fraction of sp³-hybridized carbons (Fsp3) is 0.474.